The summed E-state index contributed by atoms with van der Waals surface area (Å²) in [5, 5.41) is 3.60. The largest absolute Gasteiger partial charge is 0.382 e. The van der Waals surface area contributed by atoms with Crippen LogP contribution in [0, 0.1) is 0 Å². The van der Waals surface area contributed by atoms with Gasteiger partial charge in [-0.1, -0.05) is 41.9 Å². The van der Waals surface area contributed by atoms with Crippen molar-refractivity contribution >= 4 is 29.1 Å². The third-order valence-corrected chi connectivity index (χ3v) is 3.31. The van der Waals surface area contributed by atoms with Gasteiger partial charge in [0.2, 0.25) is 5.43 Å². The maximum absolute atomic E-state index is 12.3. The highest BCUT2D eigenvalue weighted by Gasteiger charge is 2.08. The molecule has 0 amide bonds. The Bertz CT molecular complexity index is 752. The lowest BCUT2D eigenvalue weighted by molar-refractivity contribution is 0.104. The summed E-state index contributed by atoms with van der Waals surface area (Å²) in [6.07, 6.45) is 3.06. The SMILES string of the molecule is CCNc1ccccc(C(=O)/C=C/c2ccc(Cl)cc2)c1=O. The Morgan fingerprint density at radius 1 is 1.14 bits per heavy atom. The molecule has 22 heavy (non-hydrogen) atoms. The third-order valence-electron chi connectivity index (χ3n) is 3.06. The van der Waals surface area contributed by atoms with Crippen LogP contribution >= 0.6 is 11.6 Å². The number of halogens is 1. The molecule has 3 nitrogen and oxygen atoms in total. The van der Waals surface area contributed by atoms with E-state index in [0.717, 1.165) is 5.56 Å². The van der Waals surface area contributed by atoms with Crippen molar-refractivity contribution in [3.8, 4) is 0 Å². The summed E-state index contributed by atoms with van der Waals surface area (Å²) in [6, 6.07) is 13.7. The Balaban J connectivity index is 2.30. The van der Waals surface area contributed by atoms with Crippen molar-refractivity contribution < 1.29 is 4.79 Å². The lowest BCUT2D eigenvalue weighted by atomic mass is 10.1. The topological polar surface area (TPSA) is 46.2 Å². The van der Waals surface area contributed by atoms with Gasteiger partial charge in [-0.15, -0.1) is 0 Å². The standard InChI is InChI=1S/C18H16ClNO2/c1-2-20-16-6-4-3-5-15(18(16)22)17(21)12-9-13-7-10-14(19)11-8-13/h3-12H,2H2,1H3,(H,20,22)/b12-9+. The van der Waals surface area contributed by atoms with Crippen LogP contribution in [0.4, 0.5) is 5.69 Å². The minimum absolute atomic E-state index is 0.145. The molecule has 0 aliphatic carbocycles. The van der Waals surface area contributed by atoms with E-state index in [1.165, 1.54) is 12.1 Å². The quantitative estimate of drug-likeness (QED) is 0.669. The number of carbonyl (C=O) groups is 1. The summed E-state index contributed by atoms with van der Waals surface area (Å²) in [5.74, 6) is -0.324. The average molecular weight is 314 g/mol. The molecule has 0 unspecified atom stereocenters. The minimum atomic E-state index is -0.324. The van der Waals surface area contributed by atoms with Gasteiger partial charge in [0.15, 0.2) is 5.78 Å². The lowest BCUT2D eigenvalue weighted by Crippen LogP contribution is -2.15. The van der Waals surface area contributed by atoms with Crippen LogP contribution in [-0.4, -0.2) is 12.3 Å². The Morgan fingerprint density at radius 2 is 1.82 bits per heavy atom. The van der Waals surface area contributed by atoms with Gasteiger partial charge >= 0.3 is 0 Å². The first-order valence-electron chi connectivity index (χ1n) is 6.97. The number of hydrogen-bond donors (Lipinski definition) is 1. The molecule has 0 saturated heterocycles. The maximum atomic E-state index is 12.3. The van der Waals surface area contributed by atoms with Crippen LogP contribution in [-0.2, 0) is 0 Å². The van der Waals surface area contributed by atoms with Crippen molar-refractivity contribution in [1.29, 1.82) is 0 Å². The molecule has 0 aliphatic heterocycles. The van der Waals surface area contributed by atoms with Crippen LogP contribution in [0.25, 0.3) is 6.08 Å². The second kappa shape index (κ2) is 7.57. The minimum Gasteiger partial charge on any atom is -0.382 e. The highest BCUT2D eigenvalue weighted by molar-refractivity contribution is 6.30. The molecule has 0 aliphatic rings. The van der Waals surface area contributed by atoms with Crippen LogP contribution in [0.5, 0.6) is 0 Å². The zero-order valence-corrected chi connectivity index (χ0v) is 12.9. The maximum Gasteiger partial charge on any atom is 0.212 e. The van der Waals surface area contributed by atoms with Gasteiger partial charge in [0, 0.05) is 11.6 Å². The van der Waals surface area contributed by atoms with Gasteiger partial charge in [-0.3, -0.25) is 9.59 Å². The van der Waals surface area contributed by atoms with E-state index in [1.54, 1.807) is 48.5 Å². The molecule has 2 aromatic carbocycles. The van der Waals surface area contributed by atoms with Gasteiger partial charge in [0.25, 0.3) is 0 Å². The summed E-state index contributed by atoms with van der Waals surface area (Å²) < 4.78 is 0. The molecule has 0 spiro atoms. The van der Waals surface area contributed by atoms with E-state index in [2.05, 4.69) is 5.32 Å². The number of carbonyl (C=O) groups excluding carboxylic acids is 1. The van der Waals surface area contributed by atoms with Crippen molar-refractivity contribution in [2.24, 2.45) is 0 Å². The lowest BCUT2D eigenvalue weighted by Gasteiger charge is -1.99. The van der Waals surface area contributed by atoms with Crippen molar-refractivity contribution in [3.05, 3.63) is 81.0 Å². The number of ketones is 1. The van der Waals surface area contributed by atoms with Crippen LogP contribution in [0.15, 0.2) is 59.4 Å². The zero-order valence-electron chi connectivity index (χ0n) is 12.2. The zero-order chi connectivity index (χ0) is 15.9. The van der Waals surface area contributed by atoms with Crippen molar-refractivity contribution in [2.75, 3.05) is 11.9 Å². The van der Waals surface area contributed by atoms with Gasteiger partial charge in [0.1, 0.15) is 0 Å². The fourth-order valence-corrected chi connectivity index (χ4v) is 2.09. The van der Waals surface area contributed by atoms with Crippen molar-refractivity contribution in [3.63, 3.8) is 0 Å². The van der Waals surface area contributed by atoms with E-state index in [1.807, 2.05) is 6.92 Å². The molecule has 0 aromatic heterocycles. The first-order chi connectivity index (χ1) is 10.6. The molecule has 4 heteroatoms. The second-order valence-electron chi connectivity index (χ2n) is 4.65. The fourth-order valence-electron chi connectivity index (χ4n) is 1.96. The smallest absolute Gasteiger partial charge is 0.212 e. The third kappa shape index (κ3) is 4.06. The summed E-state index contributed by atoms with van der Waals surface area (Å²) in [6.45, 7) is 2.52. The molecular weight excluding hydrogens is 298 g/mol. The number of nitrogens with one attached hydrogen (secondary N) is 1. The van der Waals surface area contributed by atoms with Gasteiger partial charge in [-0.25, -0.2) is 0 Å². The highest BCUT2D eigenvalue weighted by atomic mass is 35.5. The van der Waals surface area contributed by atoms with E-state index in [9.17, 15) is 9.59 Å². The van der Waals surface area contributed by atoms with E-state index in [0.29, 0.717) is 17.3 Å². The predicted molar refractivity (Wildman–Crippen MR) is 91.7 cm³/mol. The molecular formula is C18H16ClNO2. The molecule has 2 aromatic rings. The highest BCUT2D eigenvalue weighted by Crippen LogP contribution is 2.11. The molecule has 0 fully saturated rings. The summed E-state index contributed by atoms with van der Waals surface area (Å²) in [5.41, 5.74) is 1.12. The van der Waals surface area contributed by atoms with Crippen LogP contribution in [0.2, 0.25) is 5.02 Å². The van der Waals surface area contributed by atoms with Crippen LogP contribution < -0.4 is 10.7 Å². The van der Waals surface area contributed by atoms with Crippen LogP contribution in [0.1, 0.15) is 22.8 Å². The Kier molecular flexibility index (Phi) is 5.50. The number of hydrogen-bond acceptors (Lipinski definition) is 3. The fraction of sp³-hybridized carbons (Fsp3) is 0.111. The first kappa shape index (κ1) is 16.0. The number of anilines is 1. The van der Waals surface area contributed by atoms with Crippen molar-refractivity contribution in [1.82, 2.24) is 0 Å². The summed E-state index contributed by atoms with van der Waals surface area (Å²) >= 11 is 5.81. The molecule has 0 radical (unpaired) electrons. The first-order valence-corrected chi connectivity index (χ1v) is 7.35. The normalized spacial score (nSPS) is 10.6. The number of allylic oxidation sites excluding steroid dienone is 1. The Labute approximate surface area is 134 Å². The van der Waals surface area contributed by atoms with Crippen LogP contribution in [0.3, 0.4) is 0 Å². The molecule has 0 bridgehead atoms. The Hall–Kier alpha value is -2.39. The van der Waals surface area contributed by atoms with Gasteiger partial charge in [-0.2, -0.15) is 0 Å². The predicted octanol–water partition coefficient (Wildman–Crippen LogP) is 4.03. The molecule has 112 valence electrons. The van der Waals surface area contributed by atoms with E-state index in [4.69, 9.17) is 11.6 Å². The van der Waals surface area contributed by atoms with E-state index >= 15 is 0 Å². The van der Waals surface area contributed by atoms with E-state index < -0.39 is 0 Å². The molecule has 0 saturated carbocycles. The molecule has 2 rings (SSSR count). The number of rotatable bonds is 5. The molecule has 0 heterocycles. The van der Waals surface area contributed by atoms with Crippen molar-refractivity contribution in [2.45, 2.75) is 6.92 Å². The Morgan fingerprint density at radius 3 is 2.50 bits per heavy atom. The van der Waals surface area contributed by atoms with Gasteiger partial charge in [0.05, 0.1) is 11.3 Å². The second-order valence-corrected chi connectivity index (χ2v) is 5.09. The monoisotopic (exact) mass is 313 g/mol. The molecule has 0 atom stereocenters. The number of benzene rings is 1. The summed E-state index contributed by atoms with van der Waals surface area (Å²) in [7, 11) is 0. The van der Waals surface area contributed by atoms with E-state index in [-0.39, 0.29) is 16.8 Å². The summed E-state index contributed by atoms with van der Waals surface area (Å²) in [4.78, 5) is 24.6. The average Bonchev–Trinajstić information content (AvgIpc) is 2.69. The van der Waals surface area contributed by atoms with Gasteiger partial charge in [-0.05, 0) is 42.8 Å². The molecule has 1 N–H and O–H groups in total. The van der Waals surface area contributed by atoms with Gasteiger partial charge < -0.3 is 5.32 Å².